The van der Waals surface area contributed by atoms with Crippen molar-refractivity contribution in [1.29, 1.82) is 0 Å². The lowest BCUT2D eigenvalue weighted by molar-refractivity contribution is -0.138. The normalized spacial score (nSPS) is 21.6. The van der Waals surface area contributed by atoms with Gasteiger partial charge in [-0.15, -0.1) is 0 Å². The Balaban J connectivity index is 1.90. The number of hydrogen-bond donors (Lipinski definition) is 0. The second-order valence-electron chi connectivity index (χ2n) is 6.27. The summed E-state index contributed by atoms with van der Waals surface area (Å²) in [6.07, 6.45) is 4.66. The van der Waals surface area contributed by atoms with Gasteiger partial charge in [0.2, 0.25) is 5.91 Å². The number of likely N-dealkylation sites (tertiary alicyclic amines) is 1. The molecule has 1 fully saturated rings. The SMILES string of the molecule is CC1CCCC(C)N1C(=O)Cn1cnc2ccc(Br)cc2c1=O. The third-order valence-electron chi connectivity index (χ3n) is 4.57. The fourth-order valence-corrected chi connectivity index (χ4v) is 3.75. The van der Waals surface area contributed by atoms with Gasteiger partial charge in [0.05, 0.1) is 17.2 Å². The average molecular weight is 378 g/mol. The van der Waals surface area contributed by atoms with Crippen molar-refractivity contribution in [2.45, 2.75) is 51.7 Å². The molecule has 0 bridgehead atoms. The summed E-state index contributed by atoms with van der Waals surface area (Å²) in [6.45, 7) is 4.20. The molecule has 23 heavy (non-hydrogen) atoms. The molecule has 0 aliphatic carbocycles. The molecule has 1 amide bonds. The van der Waals surface area contributed by atoms with Crippen LogP contribution in [0.2, 0.25) is 0 Å². The standard InChI is InChI=1S/C17H20BrN3O2/c1-11-4-3-5-12(2)21(11)16(22)9-20-10-19-15-7-6-13(18)8-14(15)17(20)23/h6-8,10-12H,3-5,9H2,1-2H3. The summed E-state index contributed by atoms with van der Waals surface area (Å²) in [7, 11) is 0. The van der Waals surface area contributed by atoms with Gasteiger partial charge in [0, 0.05) is 16.6 Å². The van der Waals surface area contributed by atoms with Crippen LogP contribution in [0, 0.1) is 0 Å². The number of rotatable bonds is 2. The minimum absolute atomic E-state index is 0.0112. The third-order valence-corrected chi connectivity index (χ3v) is 5.07. The van der Waals surface area contributed by atoms with Crippen molar-refractivity contribution in [3.05, 3.63) is 39.4 Å². The molecule has 1 saturated heterocycles. The molecule has 2 atom stereocenters. The van der Waals surface area contributed by atoms with Gasteiger partial charge in [-0.1, -0.05) is 15.9 Å². The van der Waals surface area contributed by atoms with Crippen molar-refractivity contribution in [1.82, 2.24) is 14.5 Å². The molecule has 122 valence electrons. The number of carbonyl (C=O) groups excluding carboxylic acids is 1. The number of fused-ring (bicyclic) bond motifs is 1. The molecule has 1 aromatic carbocycles. The summed E-state index contributed by atoms with van der Waals surface area (Å²) in [6, 6.07) is 5.84. The molecule has 2 heterocycles. The molecular weight excluding hydrogens is 358 g/mol. The molecule has 3 rings (SSSR count). The Bertz CT molecular complexity index is 792. The van der Waals surface area contributed by atoms with Crippen LogP contribution >= 0.6 is 15.9 Å². The van der Waals surface area contributed by atoms with Gasteiger partial charge in [-0.05, 0) is 51.3 Å². The summed E-state index contributed by atoms with van der Waals surface area (Å²) >= 11 is 3.37. The zero-order valence-electron chi connectivity index (χ0n) is 13.3. The quantitative estimate of drug-likeness (QED) is 0.808. The Kier molecular flexibility index (Phi) is 4.53. The van der Waals surface area contributed by atoms with E-state index in [9.17, 15) is 9.59 Å². The van der Waals surface area contributed by atoms with E-state index in [0.717, 1.165) is 23.7 Å². The number of benzene rings is 1. The third kappa shape index (κ3) is 3.17. The lowest BCUT2D eigenvalue weighted by Gasteiger charge is -2.39. The van der Waals surface area contributed by atoms with Crippen molar-refractivity contribution < 1.29 is 4.79 Å². The molecular formula is C17H20BrN3O2. The van der Waals surface area contributed by atoms with E-state index in [2.05, 4.69) is 34.8 Å². The first-order valence-corrected chi connectivity index (χ1v) is 8.72. The lowest BCUT2D eigenvalue weighted by atomic mass is 9.97. The molecule has 0 N–H and O–H groups in total. The summed E-state index contributed by atoms with van der Waals surface area (Å²) < 4.78 is 2.23. The Morgan fingerprint density at radius 3 is 2.70 bits per heavy atom. The summed E-state index contributed by atoms with van der Waals surface area (Å²) in [5, 5.41) is 0.523. The maximum Gasteiger partial charge on any atom is 0.261 e. The van der Waals surface area contributed by atoms with Crippen LogP contribution in [0.15, 0.2) is 33.8 Å². The smallest absolute Gasteiger partial charge is 0.261 e. The first kappa shape index (κ1) is 16.2. The summed E-state index contributed by atoms with van der Waals surface area (Å²) in [5.41, 5.74) is 0.462. The van der Waals surface area contributed by atoms with Gasteiger partial charge >= 0.3 is 0 Å². The van der Waals surface area contributed by atoms with Gasteiger partial charge in [0.15, 0.2) is 0 Å². The van der Waals surface area contributed by atoms with E-state index in [1.807, 2.05) is 11.0 Å². The molecule has 1 aliphatic rings. The molecule has 1 aromatic heterocycles. The second kappa shape index (κ2) is 6.43. The van der Waals surface area contributed by atoms with Crippen LogP contribution in [0.3, 0.4) is 0 Å². The predicted octanol–water partition coefficient (Wildman–Crippen LogP) is 2.95. The fourth-order valence-electron chi connectivity index (χ4n) is 3.38. The molecule has 0 radical (unpaired) electrons. The van der Waals surface area contributed by atoms with Crippen LogP contribution in [-0.4, -0.2) is 32.4 Å². The van der Waals surface area contributed by atoms with E-state index in [1.54, 1.807) is 12.1 Å². The summed E-state index contributed by atoms with van der Waals surface area (Å²) in [5.74, 6) is -0.0112. The molecule has 1 aliphatic heterocycles. The van der Waals surface area contributed by atoms with E-state index < -0.39 is 0 Å². The van der Waals surface area contributed by atoms with Crippen molar-refractivity contribution >= 4 is 32.7 Å². The van der Waals surface area contributed by atoms with Crippen LogP contribution in [0.25, 0.3) is 10.9 Å². The highest BCUT2D eigenvalue weighted by Gasteiger charge is 2.29. The zero-order chi connectivity index (χ0) is 16.6. The van der Waals surface area contributed by atoms with Gasteiger partial charge in [-0.3, -0.25) is 14.2 Å². The Hall–Kier alpha value is -1.69. The van der Waals surface area contributed by atoms with Gasteiger partial charge in [0.25, 0.3) is 5.56 Å². The zero-order valence-corrected chi connectivity index (χ0v) is 14.9. The fraction of sp³-hybridized carbons (Fsp3) is 0.471. The van der Waals surface area contributed by atoms with Gasteiger partial charge in [0.1, 0.15) is 6.54 Å². The first-order chi connectivity index (χ1) is 11.0. The van der Waals surface area contributed by atoms with Crippen LogP contribution in [0.1, 0.15) is 33.1 Å². The number of nitrogens with zero attached hydrogens (tertiary/aromatic N) is 3. The molecule has 2 unspecified atom stereocenters. The van der Waals surface area contributed by atoms with Crippen molar-refractivity contribution in [2.75, 3.05) is 0 Å². The predicted molar refractivity (Wildman–Crippen MR) is 93.3 cm³/mol. The van der Waals surface area contributed by atoms with Gasteiger partial charge in [-0.25, -0.2) is 4.98 Å². The van der Waals surface area contributed by atoms with Crippen molar-refractivity contribution in [2.24, 2.45) is 0 Å². The van der Waals surface area contributed by atoms with Crippen LogP contribution in [0.5, 0.6) is 0 Å². The second-order valence-corrected chi connectivity index (χ2v) is 7.18. The minimum Gasteiger partial charge on any atom is -0.336 e. The Morgan fingerprint density at radius 1 is 1.30 bits per heavy atom. The van der Waals surface area contributed by atoms with Crippen LogP contribution < -0.4 is 5.56 Å². The molecule has 0 saturated carbocycles. The Labute approximate surface area is 143 Å². The lowest BCUT2D eigenvalue weighted by Crippen LogP contribution is -2.49. The average Bonchev–Trinajstić information content (AvgIpc) is 2.50. The molecule has 5 nitrogen and oxygen atoms in total. The van der Waals surface area contributed by atoms with E-state index in [4.69, 9.17) is 0 Å². The highest BCUT2D eigenvalue weighted by Crippen LogP contribution is 2.22. The first-order valence-electron chi connectivity index (χ1n) is 7.93. The molecule has 6 heteroatoms. The Morgan fingerprint density at radius 2 is 2.00 bits per heavy atom. The number of piperidine rings is 1. The number of halogens is 1. The van der Waals surface area contributed by atoms with Crippen LogP contribution in [0.4, 0.5) is 0 Å². The number of hydrogen-bond acceptors (Lipinski definition) is 3. The van der Waals surface area contributed by atoms with Crippen molar-refractivity contribution in [3.8, 4) is 0 Å². The van der Waals surface area contributed by atoms with E-state index in [-0.39, 0.29) is 30.1 Å². The number of carbonyl (C=O) groups is 1. The molecule has 2 aromatic rings. The topological polar surface area (TPSA) is 55.2 Å². The number of aromatic nitrogens is 2. The minimum atomic E-state index is -0.179. The largest absolute Gasteiger partial charge is 0.336 e. The van der Waals surface area contributed by atoms with E-state index >= 15 is 0 Å². The maximum absolute atomic E-state index is 12.7. The van der Waals surface area contributed by atoms with Gasteiger partial charge < -0.3 is 4.90 Å². The van der Waals surface area contributed by atoms with Crippen LogP contribution in [-0.2, 0) is 11.3 Å². The highest BCUT2D eigenvalue weighted by atomic mass is 79.9. The number of amides is 1. The van der Waals surface area contributed by atoms with Crippen molar-refractivity contribution in [3.63, 3.8) is 0 Å². The van der Waals surface area contributed by atoms with Gasteiger partial charge in [-0.2, -0.15) is 0 Å². The molecule has 0 spiro atoms. The van der Waals surface area contributed by atoms with E-state index in [1.165, 1.54) is 10.9 Å². The highest BCUT2D eigenvalue weighted by molar-refractivity contribution is 9.10. The van der Waals surface area contributed by atoms with E-state index in [0.29, 0.717) is 10.9 Å². The monoisotopic (exact) mass is 377 g/mol. The summed E-state index contributed by atoms with van der Waals surface area (Å²) in [4.78, 5) is 31.5. The maximum atomic E-state index is 12.7.